The number of hydrogen-bond acceptors (Lipinski definition) is 3. The lowest BCUT2D eigenvalue weighted by Gasteiger charge is -2.24. The fraction of sp³-hybridized carbons (Fsp3) is 0.318. The van der Waals surface area contributed by atoms with Gasteiger partial charge in [-0.15, -0.1) is 0 Å². The van der Waals surface area contributed by atoms with Crippen LogP contribution in [0.1, 0.15) is 17.2 Å². The van der Waals surface area contributed by atoms with Gasteiger partial charge in [0.25, 0.3) is 0 Å². The van der Waals surface area contributed by atoms with E-state index >= 15 is 0 Å². The number of fused-ring (bicyclic) bond motifs is 1. The third-order valence-corrected chi connectivity index (χ3v) is 4.98. The van der Waals surface area contributed by atoms with Crippen molar-refractivity contribution < 1.29 is 9.53 Å². The Morgan fingerprint density at radius 3 is 2.50 bits per heavy atom. The maximum absolute atomic E-state index is 12.3. The van der Waals surface area contributed by atoms with E-state index in [0.717, 1.165) is 11.3 Å². The van der Waals surface area contributed by atoms with E-state index in [4.69, 9.17) is 4.74 Å². The molecular weight excluding hydrogens is 352 g/mol. The van der Waals surface area contributed by atoms with Crippen molar-refractivity contribution in [1.82, 2.24) is 20.1 Å². The Morgan fingerprint density at radius 1 is 1.11 bits per heavy atom. The van der Waals surface area contributed by atoms with Gasteiger partial charge in [-0.2, -0.15) is 0 Å². The molecule has 6 nitrogen and oxygen atoms in total. The van der Waals surface area contributed by atoms with E-state index in [0.29, 0.717) is 13.1 Å². The number of rotatable bonds is 7. The first-order valence-electron chi connectivity index (χ1n) is 9.34. The number of hydrogen-bond donors (Lipinski definition) is 2. The quantitative estimate of drug-likeness (QED) is 0.661. The molecule has 0 bridgehead atoms. The summed E-state index contributed by atoms with van der Waals surface area (Å²) in [5.41, 5.74) is 3.42. The van der Waals surface area contributed by atoms with Gasteiger partial charge in [0, 0.05) is 37.2 Å². The second-order valence-electron chi connectivity index (χ2n) is 7.10. The Balaban J connectivity index is 1.62. The number of nitrogens with one attached hydrogen (secondary N) is 2. The van der Waals surface area contributed by atoms with Crippen LogP contribution in [0.25, 0.3) is 10.9 Å². The van der Waals surface area contributed by atoms with Crippen molar-refractivity contribution in [2.45, 2.75) is 12.6 Å². The number of carbonyl (C=O) groups is 1. The summed E-state index contributed by atoms with van der Waals surface area (Å²) in [6.45, 7) is 0.992. The van der Waals surface area contributed by atoms with Gasteiger partial charge in [0.15, 0.2) is 0 Å². The van der Waals surface area contributed by atoms with Gasteiger partial charge in [-0.25, -0.2) is 4.79 Å². The zero-order chi connectivity index (χ0) is 20.1. The number of para-hydroxylation sites is 1. The maximum Gasteiger partial charge on any atom is 0.315 e. The molecule has 3 rings (SSSR count). The second-order valence-corrected chi connectivity index (χ2v) is 7.10. The molecular formula is C22H28N4O2. The summed E-state index contributed by atoms with van der Waals surface area (Å²) in [7, 11) is 7.75. The van der Waals surface area contributed by atoms with Gasteiger partial charge in [0.1, 0.15) is 5.75 Å². The molecule has 6 heteroatoms. The summed E-state index contributed by atoms with van der Waals surface area (Å²) in [5, 5.41) is 7.13. The summed E-state index contributed by atoms with van der Waals surface area (Å²) in [6.07, 6.45) is 2.15. The van der Waals surface area contributed by atoms with Crippen LogP contribution in [-0.2, 0) is 13.6 Å². The van der Waals surface area contributed by atoms with Crippen LogP contribution in [0.4, 0.5) is 4.79 Å². The predicted molar refractivity (Wildman–Crippen MR) is 113 cm³/mol. The summed E-state index contributed by atoms with van der Waals surface area (Å²) in [4.78, 5) is 14.4. The first kappa shape index (κ1) is 19.8. The number of aromatic nitrogens is 1. The van der Waals surface area contributed by atoms with Crippen LogP contribution in [0, 0.1) is 0 Å². The van der Waals surface area contributed by atoms with Crippen molar-refractivity contribution in [2.75, 3.05) is 27.7 Å². The Bertz CT molecular complexity index is 931. The Morgan fingerprint density at radius 2 is 1.82 bits per heavy atom. The highest BCUT2D eigenvalue weighted by Crippen LogP contribution is 2.28. The molecule has 3 aromatic rings. The standard InChI is InChI=1S/C22H28N4O2/c1-25(2)21(19-15-26(3)20-8-6-5-7-18(19)20)14-24-22(27)23-13-16-9-11-17(28-4)12-10-16/h5-12,15,21H,13-14H2,1-4H3,(H2,23,24,27)/t21-/m0/s1. The van der Waals surface area contributed by atoms with Crippen LogP contribution in [-0.4, -0.2) is 43.2 Å². The lowest BCUT2D eigenvalue weighted by Crippen LogP contribution is -2.40. The molecule has 0 saturated heterocycles. The minimum absolute atomic E-state index is 0.0813. The van der Waals surface area contributed by atoms with E-state index in [2.05, 4.69) is 38.4 Å². The van der Waals surface area contributed by atoms with E-state index in [1.807, 2.05) is 57.5 Å². The third-order valence-electron chi connectivity index (χ3n) is 4.98. The molecule has 0 aliphatic rings. The average molecular weight is 380 g/mol. The number of aryl methyl sites for hydroxylation is 1. The number of amides is 2. The molecule has 2 amide bonds. The summed E-state index contributed by atoms with van der Waals surface area (Å²) in [5.74, 6) is 0.803. The monoisotopic (exact) mass is 380 g/mol. The number of carbonyl (C=O) groups excluding carboxylic acids is 1. The minimum Gasteiger partial charge on any atom is -0.497 e. The van der Waals surface area contributed by atoms with E-state index in [-0.39, 0.29) is 12.1 Å². The lowest BCUT2D eigenvalue weighted by molar-refractivity contribution is 0.232. The SMILES string of the molecule is COc1ccc(CNC(=O)NC[C@@H](c2cn(C)c3ccccc23)N(C)C)cc1. The average Bonchev–Trinajstić information content (AvgIpc) is 3.03. The number of ether oxygens (including phenoxy) is 1. The molecule has 0 spiro atoms. The van der Waals surface area contributed by atoms with E-state index < -0.39 is 0 Å². The number of urea groups is 1. The normalized spacial score (nSPS) is 12.2. The van der Waals surface area contributed by atoms with Crippen LogP contribution < -0.4 is 15.4 Å². The number of benzene rings is 2. The Kier molecular flexibility index (Phi) is 6.21. The van der Waals surface area contributed by atoms with Crippen LogP contribution in [0.3, 0.4) is 0 Å². The van der Waals surface area contributed by atoms with Gasteiger partial charge < -0.3 is 24.8 Å². The lowest BCUT2D eigenvalue weighted by atomic mass is 10.0. The molecule has 0 aliphatic carbocycles. The van der Waals surface area contributed by atoms with Crippen LogP contribution in [0.5, 0.6) is 5.75 Å². The van der Waals surface area contributed by atoms with Gasteiger partial charge >= 0.3 is 6.03 Å². The first-order chi connectivity index (χ1) is 13.5. The molecule has 0 unspecified atom stereocenters. The third kappa shape index (κ3) is 4.46. The summed E-state index contributed by atoms with van der Waals surface area (Å²) >= 11 is 0. The van der Waals surface area contributed by atoms with Crippen molar-refractivity contribution >= 4 is 16.9 Å². The van der Waals surface area contributed by atoms with Gasteiger partial charge in [-0.1, -0.05) is 30.3 Å². The molecule has 148 valence electrons. The molecule has 0 fully saturated rings. The van der Waals surface area contributed by atoms with Crippen molar-refractivity contribution in [3.05, 3.63) is 65.9 Å². The highest BCUT2D eigenvalue weighted by atomic mass is 16.5. The summed E-state index contributed by atoms with van der Waals surface area (Å²) < 4.78 is 7.28. The predicted octanol–water partition coefficient (Wildman–Crippen LogP) is 3.29. The summed E-state index contributed by atoms with van der Waals surface area (Å²) in [6, 6.07) is 15.9. The fourth-order valence-electron chi connectivity index (χ4n) is 3.39. The first-order valence-corrected chi connectivity index (χ1v) is 9.34. The molecule has 2 aromatic carbocycles. The zero-order valence-corrected chi connectivity index (χ0v) is 16.9. The number of methoxy groups -OCH3 is 1. The van der Waals surface area contributed by atoms with Gasteiger partial charge in [0.2, 0.25) is 0 Å². The molecule has 0 saturated carbocycles. The Hall–Kier alpha value is -2.99. The highest BCUT2D eigenvalue weighted by Gasteiger charge is 2.19. The second kappa shape index (κ2) is 8.80. The minimum atomic E-state index is -0.178. The van der Waals surface area contributed by atoms with Crippen LogP contribution in [0.2, 0.25) is 0 Å². The largest absolute Gasteiger partial charge is 0.497 e. The van der Waals surface area contributed by atoms with Gasteiger partial charge in [-0.05, 0) is 43.4 Å². The van der Waals surface area contributed by atoms with E-state index in [1.165, 1.54) is 16.5 Å². The molecule has 1 atom stereocenters. The van der Waals surface area contributed by atoms with E-state index in [1.54, 1.807) is 7.11 Å². The fourth-order valence-corrected chi connectivity index (χ4v) is 3.39. The molecule has 0 aliphatic heterocycles. The van der Waals surface area contributed by atoms with Crippen molar-refractivity contribution in [2.24, 2.45) is 7.05 Å². The smallest absolute Gasteiger partial charge is 0.315 e. The van der Waals surface area contributed by atoms with E-state index in [9.17, 15) is 4.79 Å². The molecule has 2 N–H and O–H groups in total. The zero-order valence-electron chi connectivity index (χ0n) is 16.9. The van der Waals surface area contributed by atoms with Gasteiger partial charge in [-0.3, -0.25) is 0 Å². The topological polar surface area (TPSA) is 58.5 Å². The number of nitrogens with zero attached hydrogens (tertiary/aromatic N) is 2. The Labute approximate surface area is 166 Å². The van der Waals surface area contributed by atoms with Crippen molar-refractivity contribution in [3.8, 4) is 5.75 Å². The highest BCUT2D eigenvalue weighted by molar-refractivity contribution is 5.84. The molecule has 1 heterocycles. The van der Waals surface area contributed by atoms with Crippen molar-refractivity contribution in [1.29, 1.82) is 0 Å². The molecule has 28 heavy (non-hydrogen) atoms. The number of likely N-dealkylation sites (N-methyl/N-ethyl adjacent to an activating group) is 1. The van der Waals surface area contributed by atoms with Crippen LogP contribution in [0.15, 0.2) is 54.7 Å². The maximum atomic E-state index is 12.3. The molecule has 0 radical (unpaired) electrons. The molecule has 1 aromatic heterocycles. The van der Waals surface area contributed by atoms with Crippen molar-refractivity contribution in [3.63, 3.8) is 0 Å². The van der Waals surface area contributed by atoms with Gasteiger partial charge in [0.05, 0.1) is 13.2 Å². The van der Waals surface area contributed by atoms with Crippen LogP contribution >= 0.6 is 0 Å².